The van der Waals surface area contributed by atoms with Crippen LogP contribution in [0, 0.1) is 5.92 Å². The van der Waals surface area contributed by atoms with Crippen molar-refractivity contribution >= 4 is 5.91 Å². The molecule has 0 aromatic carbocycles. The molecule has 7 nitrogen and oxygen atoms in total. The number of nitrogens with zero attached hydrogens (tertiary/aromatic N) is 5. The first kappa shape index (κ1) is 17.9. The Labute approximate surface area is 138 Å². The molecule has 0 aliphatic carbocycles. The van der Waals surface area contributed by atoms with Crippen LogP contribution in [0.25, 0.3) is 0 Å². The Bertz CT molecular complexity index is 516. The Balaban J connectivity index is 1.95. The fourth-order valence-electron chi connectivity index (χ4n) is 3.10. The molecule has 130 valence electrons. The highest BCUT2D eigenvalue weighted by molar-refractivity contribution is 5.78. The molecule has 23 heavy (non-hydrogen) atoms. The van der Waals surface area contributed by atoms with Gasteiger partial charge in [0.1, 0.15) is 0 Å². The standard InChI is InChI=1S/C16H29N5O2/c1-6-14-17-15(23-18-14)11-21(5)16(22)12-7-8-13(19(2)3)10-20(4)9-12/h12-13H,6-11H2,1-5H3/t12-,13+/m1/s1. The maximum Gasteiger partial charge on any atom is 0.246 e. The summed E-state index contributed by atoms with van der Waals surface area (Å²) in [6.07, 6.45) is 2.70. The molecule has 1 aliphatic heterocycles. The predicted molar refractivity (Wildman–Crippen MR) is 87.8 cm³/mol. The Morgan fingerprint density at radius 1 is 1.30 bits per heavy atom. The first-order valence-corrected chi connectivity index (χ1v) is 8.32. The van der Waals surface area contributed by atoms with Crippen molar-refractivity contribution < 1.29 is 9.32 Å². The molecule has 1 aromatic rings. The summed E-state index contributed by atoms with van der Waals surface area (Å²) in [5.74, 6) is 1.38. The minimum atomic E-state index is 0.0310. The molecule has 1 saturated heterocycles. The molecule has 0 unspecified atom stereocenters. The van der Waals surface area contributed by atoms with Gasteiger partial charge in [-0.25, -0.2) is 0 Å². The molecule has 0 saturated carbocycles. The minimum absolute atomic E-state index is 0.0310. The van der Waals surface area contributed by atoms with E-state index in [2.05, 4.69) is 41.1 Å². The molecule has 0 radical (unpaired) electrons. The first-order chi connectivity index (χ1) is 10.9. The zero-order valence-corrected chi connectivity index (χ0v) is 14.9. The van der Waals surface area contributed by atoms with Crippen LogP contribution < -0.4 is 0 Å². The maximum atomic E-state index is 12.7. The van der Waals surface area contributed by atoms with Gasteiger partial charge in [0, 0.05) is 32.6 Å². The van der Waals surface area contributed by atoms with Crippen molar-refractivity contribution in [3.05, 3.63) is 11.7 Å². The molecule has 2 atom stereocenters. The van der Waals surface area contributed by atoms with Crippen LogP contribution in [0.4, 0.5) is 0 Å². The fourth-order valence-corrected chi connectivity index (χ4v) is 3.10. The molecule has 1 aliphatic rings. The summed E-state index contributed by atoms with van der Waals surface area (Å²) in [4.78, 5) is 23.2. The van der Waals surface area contributed by atoms with Crippen molar-refractivity contribution in [2.75, 3.05) is 41.3 Å². The number of rotatable bonds is 5. The SMILES string of the molecule is CCc1noc(CN(C)C(=O)[C@@H]2CC[C@H](N(C)C)CN(C)C2)n1. The van der Waals surface area contributed by atoms with E-state index in [1.165, 1.54) is 0 Å². The number of carbonyl (C=O) groups excluding carboxylic acids is 1. The summed E-state index contributed by atoms with van der Waals surface area (Å²) in [6.45, 7) is 4.16. The van der Waals surface area contributed by atoms with Crippen molar-refractivity contribution in [3.63, 3.8) is 0 Å². The zero-order valence-electron chi connectivity index (χ0n) is 14.9. The van der Waals surface area contributed by atoms with Gasteiger partial charge < -0.3 is 19.2 Å². The number of hydrogen-bond acceptors (Lipinski definition) is 6. The molecule has 1 amide bonds. The quantitative estimate of drug-likeness (QED) is 0.801. The van der Waals surface area contributed by atoms with Crippen LogP contribution >= 0.6 is 0 Å². The molecule has 2 heterocycles. The van der Waals surface area contributed by atoms with Crippen molar-refractivity contribution in [1.29, 1.82) is 0 Å². The molecule has 2 rings (SSSR count). The second kappa shape index (κ2) is 7.88. The van der Waals surface area contributed by atoms with Crippen molar-refractivity contribution in [2.45, 2.75) is 38.8 Å². The Morgan fingerprint density at radius 2 is 2.04 bits per heavy atom. The van der Waals surface area contributed by atoms with E-state index in [-0.39, 0.29) is 11.8 Å². The number of aromatic nitrogens is 2. The van der Waals surface area contributed by atoms with Crippen LogP contribution in [0.3, 0.4) is 0 Å². The zero-order chi connectivity index (χ0) is 17.0. The van der Waals surface area contributed by atoms with E-state index in [4.69, 9.17) is 4.52 Å². The molecule has 0 spiro atoms. The molecule has 0 bridgehead atoms. The Morgan fingerprint density at radius 3 is 2.65 bits per heavy atom. The Hall–Kier alpha value is -1.47. The third-order valence-electron chi connectivity index (χ3n) is 4.56. The average molecular weight is 323 g/mol. The van der Waals surface area contributed by atoms with Crippen molar-refractivity contribution in [1.82, 2.24) is 24.8 Å². The van der Waals surface area contributed by atoms with E-state index >= 15 is 0 Å². The molecule has 1 aromatic heterocycles. The number of amides is 1. The van der Waals surface area contributed by atoms with Crippen molar-refractivity contribution in [2.24, 2.45) is 5.92 Å². The second-order valence-corrected chi connectivity index (χ2v) is 6.77. The molecular formula is C16H29N5O2. The van der Waals surface area contributed by atoms with E-state index in [0.717, 1.165) is 32.4 Å². The number of likely N-dealkylation sites (tertiary alicyclic amines) is 1. The fraction of sp³-hybridized carbons (Fsp3) is 0.812. The number of aryl methyl sites for hydroxylation is 1. The van der Waals surface area contributed by atoms with Gasteiger partial charge in [0.05, 0.1) is 12.5 Å². The largest absolute Gasteiger partial charge is 0.337 e. The highest BCUT2D eigenvalue weighted by Crippen LogP contribution is 2.20. The van der Waals surface area contributed by atoms with Gasteiger partial charge in [-0.1, -0.05) is 12.1 Å². The molecule has 7 heteroatoms. The van der Waals surface area contributed by atoms with Crippen LogP contribution in [0.15, 0.2) is 4.52 Å². The summed E-state index contributed by atoms with van der Waals surface area (Å²) in [7, 11) is 8.11. The summed E-state index contributed by atoms with van der Waals surface area (Å²) in [6, 6.07) is 0.506. The van der Waals surface area contributed by atoms with E-state index < -0.39 is 0 Å². The maximum absolute atomic E-state index is 12.7. The molecule has 1 fully saturated rings. The lowest BCUT2D eigenvalue weighted by Gasteiger charge is -2.26. The lowest BCUT2D eigenvalue weighted by atomic mass is 10.00. The number of hydrogen-bond donors (Lipinski definition) is 0. The molecular weight excluding hydrogens is 294 g/mol. The first-order valence-electron chi connectivity index (χ1n) is 8.32. The van der Waals surface area contributed by atoms with Gasteiger partial charge in [-0.3, -0.25) is 4.79 Å². The van der Waals surface area contributed by atoms with Gasteiger partial charge >= 0.3 is 0 Å². The lowest BCUT2D eigenvalue weighted by molar-refractivity contribution is -0.135. The number of carbonyl (C=O) groups is 1. The highest BCUT2D eigenvalue weighted by atomic mass is 16.5. The van der Waals surface area contributed by atoms with Gasteiger partial charge in [0.2, 0.25) is 11.8 Å². The van der Waals surface area contributed by atoms with Crippen LogP contribution in [0.1, 0.15) is 31.5 Å². The lowest BCUT2D eigenvalue weighted by Crippen LogP contribution is -2.39. The van der Waals surface area contributed by atoms with Crippen LogP contribution in [0.2, 0.25) is 0 Å². The molecule has 0 N–H and O–H groups in total. The third kappa shape index (κ3) is 4.75. The average Bonchev–Trinajstić information content (AvgIpc) is 2.86. The van der Waals surface area contributed by atoms with Crippen molar-refractivity contribution in [3.8, 4) is 0 Å². The van der Waals surface area contributed by atoms with E-state index in [0.29, 0.717) is 24.3 Å². The minimum Gasteiger partial charge on any atom is -0.337 e. The van der Waals surface area contributed by atoms with E-state index in [1.54, 1.807) is 4.90 Å². The highest BCUT2D eigenvalue weighted by Gasteiger charge is 2.29. The summed E-state index contributed by atoms with van der Waals surface area (Å²) < 4.78 is 5.19. The Kier molecular flexibility index (Phi) is 6.12. The van der Waals surface area contributed by atoms with Crippen LogP contribution in [-0.4, -0.2) is 78.1 Å². The summed E-state index contributed by atoms with van der Waals surface area (Å²) in [5, 5.41) is 3.88. The van der Waals surface area contributed by atoms with Gasteiger partial charge in [-0.05, 0) is 34.0 Å². The monoisotopic (exact) mass is 323 g/mol. The van der Waals surface area contributed by atoms with E-state index in [1.807, 2.05) is 14.0 Å². The number of likely N-dealkylation sites (N-methyl/N-ethyl adjacent to an activating group) is 2. The predicted octanol–water partition coefficient (Wildman–Crippen LogP) is 0.862. The van der Waals surface area contributed by atoms with Crippen LogP contribution in [0.5, 0.6) is 0 Å². The van der Waals surface area contributed by atoms with E-state index in [9.17, 15) is 4.79 Å². The van der Waals surface area contributed by atoms with Gasteiger partial charge in [0.15, 0.2) is 5.82 Å². The topological polar surface area (TPSA) is 65.7 Å². The summed E-state index contributed by atoms with van der Waals surface area (Å²) >= 11 is 0. The second-order valence-electron chi connectivity index (χ2n) is 6.77. The summed E-state index contributed by atoms with van der Waals surface area (Å²) in [5.41, 5.74) is 0. The van der Waals surface area contributed by atoms with Gasteiger partial charge in [0.25, 0.3) is 0 Å². The normalized spacial score (nSPS) is 23.0. The van der Waals surface area contributed by atoms with Crippen LogP contribution in [-0.2, 0) is 17.8 Å². The van der Waals surface area contributed by atoms with Gasteiger partial charge in [-0.2, -0.15) is 4.98 Å². The smallest absolute Gasteiger partial charge is 0.246 e. The van der Waals surface area contributed by atoms with Gasteiger partial charge in [-0.15, -0.1) is 0 Å². The third-order valence-corrected chi connectivity index (χ3v) is 4.56.